The van der Waals surface area contributed by atoms with Crippen LogP contribution in [0.3, 0.4) is 0 Å². The van der Waals surface area contributed by atoms with Crippen LogP contribution < -0.4 is 15.8 Å². The summed E-state index contributed by atoms with van der Waals surface area (Å²) >= 11 is 1.32. The molecule has 0 atom stereocenters. The zero-order valence-corrected chi connectivity index (χ0v) is 18.6. The highest BCUT2D eigenvalue weighted by Gasteiger charge is 2.20. The molecule has 1 aromatic carbocycles. The molecule has 1 aliphatic rings. The van der Waals surface area contributed by atoms with Crippen molar-refractivity contribution in [1.82, 2.24) is 20.8 Å². The second-order valence-corrected chi connectivity index (χ2v) is 8.33. The number of morpholine rings is 1. The molecule has 9 nitrogen and oxygen atoms in total. The Hall–Kier alpha value is -3.24. The zero-order chi connectivity index (χ0) is 22.3. The predicted octanol–water partition coefficient (Wildman–Crippen LogP) is 2.73. The number of ether oxygens (including phenoxy) is 1. The Balaban J connectivity index is 1.21. The number of nitrogens with zero attached hydrogens (tertiary/aromatic N) is 3. The van der Waals surface area contributed by atoms with Crippen LogP contribution in [0.4, 0.5) is 5.13 Å². The molecule has 0 bridgehead atoms. The average molecular weight is 456 g/mol. The molecule has 1 aliphatic heterocycles. The maximum absolute atomic E-state index is 12.5. The molecule has 168 valence electrons. The quantitative estimate of drug-likeness (QED) is 0.527. The molecular weight excluding hydrogens is 430 g/mol. The SMILES string of the molecule is Cc1nc(N2CCOCC2)sc1C(=O)NNC(=O)CCCc1ncc(-c2ccccc2)o1. The topological polar surface area (TPSA) is 110 Å². The fourth-order valence-electron chi connectivity index (χ4n) is 3.29. The van der Waals surface area contributed by atoms with Gasteiger partial charge in [0.1, 0.15) is 4.88 Å². The second-order valence-electron chi connectivity index (χ2n) is 7.35. The Labute approximate surface area is 189 Å². The molecule has 32 heavy (non-hydrogen) atoms. The second kappa shape index (κ2) is 10.4. The summed E-state index contributed by atoms with van der Waals surface area (Å²) < 4.78 is 11.1. The van der Waals surface area contributed by atoms with E-state index in [0.717, 1.165) is 23.8 Å². The molecular formula is C22H25N5O4S. The number of carbonyl (C=O) groups is 2. The molecule has 0 spiro atoms. The van der Waals surface area contributed by atoms with Gasteiger partial charge in [-0.05, 0) is 13.3 Å². The minimum absolute atomic E-state index is 0.240. The van der Waals surface area contributed by atoms with E-state index < -0.39 is 0 Å². The van der Waals surface area contributed by atoms with Crippen molar-refractivity contribution in [2.24, 2.45) is 0 Å². The van der Waals surface area contributed by atoms with Gasteiger partial charge in [-0.3, -0.25) is 20.4 Å². The first kappa shape index (κ1) is 22.0. The van der Waals surface area contributed by atoms with Crippen molar-refractivity contribution in [2.45, 2.75) is 26.2 Å². The molecule has 0 radical (unpaired) electrons. The minimum atomic E-state index is -0.368. The molecule has 0 saturated carbocycles. The van der Waals surface area contributed by atoms with Crippen LogP contribution in [-0.2, 0) is 16.0 Å². The Bertz CT molecular complexity index is 1060. The minimum Gasteiger partial charge on any atom is -0.441 e. The first-order valence-electron chi connectivity index (χ1n) is 10.5. The maximum Gasteiger partial charge on any atom is 0.281 e. The number of thiazole rings is 1. The van der Waals surface area contributed by atoms with Gasteiger partial charge < -0.3 is 14.1 Å². The van der Waals surface area contributed by atoms with Gasteiger partial charge >= 0.3 is 0 Å². The van der Waals surface area contributed by atoms with Gasteiger partial charge in [0.15, 0.2) is 16.8 Å². The van der Waals surface area contributed by atoms with Crippen molar-refractivity contribution in [1.29, 1.82) is 0 Å². The fourth-order valence-corrected chi connectivity index (χ4v) is 4.30. The third-order valence-corrected chi connectivity index (χ3v) is 6.21. The number of oxazole rings is 1. The first-order chi connectivity index (χ1) is 15.6. The Kier molecular flexibility index (Phi) is 7.13. The van der Waals surface area contributed by atoms with E-state index in [-0.39, 0.29) is 18.2 Å². The van der Waals surface area contributed by atoms with Gasteiger partial charge in [-0.15, -0.1) is 0 Å². The number of anilines is 1. The van der Waals surface area contributed by atoms with Gasteiger partial charge in [0.05, 0.1) is 25.1 Å². The summed E-state index contributed by atoms with van der Waals surface area (Å²) in [6.07, 6.45) is 3.01. The van der Waals surface area contributed by atoms with Crippen molar-refractivity contribution in [3.8, 4) is 11.3 Å². The number of carbonyl (C=O) groups excluding carboxylic acids is 2. The number of hydrogen-bond acceptors (Lipinski definition) is 8. The summed E-state index contributed by atoms with van der Waals surface area (Å²) in [4.78, 5) is 35.9. The summed E-state index contributed by atoms with van der Waals surface area (Å²) in [6.45, 7) is 4.59. The van der Waals surface area contributed by atoms with Crippen LogP contribution in [0.5, 0.6) is 0 Å². The van der Waals surface area contributed by atoms with Crippen molar-refractivity contribution >= 4 is 28.3 Å². The van der Waals surface area contributed by atoms with E-state index in [9.17, 15) is 9.59 Å². The molecule has 2 aromatic heterocycles. The number of benzene rings is 1. The zero-order valence-electron chi connectivity index (χ0n) is 17.8. The lowest BCUT2D eigenvalue weighted by Crippen LogP contribution is -2.41. The molecule has 4 rings (SSSR count). The fraction of sp³-hybridized carbons (Fsp3) is 0.364. The van der Waals surface area contributed by atoms with Gasteiger partial charge in [-0.2, -0.15) is 0 Å². The van der Waals surface area contributed by atoms with Crippen LogP contribution in [0.2, 0.25) is 0 Å². The number of hydrazine groups is 1. The molecule has 1 saturated heterocycles. The van der Waals surface area contributed by atoms with E-state index in [2.05, 4.69) is 25.7 Å². The standard InChI is InChI=1S/C22H25N5O4S/c1-15-20(32-22(24-15)27-10-12-30-13-11-27)21(29)26-25-18(28)8-5-9-19-23-14-17(31-19)16-6-3-2-4-7-16/h2-4,6-7,14H,5,8-13H2,1H3,(H,25,28)(H,26,29). The van der Waals surface area contributed by atoms with Crippen molar-refractivity contribution in [3.05, 3.63) is 53.0 Å². The summed E-state index contributed by atoms with van der Waals surface area (Å²) in [5.74, 6) is 0.641. The summed E-state index contributed by atoms with van der Waals surface area (Å²) in [6, 6.07) is 9.72. The molecule has 2 N–H and O–H groups in total. The Morgan fingerprint density at radius 2 is 1.94 bits per heavy atom. The molecule has 3 heterocycles. The van der Waals surface area contributed by atoms with E-state index in [4.69, 9.17) is 9.15 Å². The Morgan fingerprint density at radius 3 is 2.72 bits per heavy atom. The molecule has 1 fully saturated rings. The molecule has 10 heteroatoms. The predicted molar refractivity (Wildman–Crippen MR) is 120 cm³/mol. The van der Waals surface area contributed by atoms with E-state index in [1.165, 1.54) is 11.3 Å². The van der Waals surface area contributed by atoms with E-state index in [1.54, 1.807) is 13.1 Å². The van der Waals surface area contributed by atoms with E-state index in [1.807, 2.05) is 30.3 Å². The molecule has 0 unspecified atom stereocenters. The molecule has 2 amide bonds. The van der Waals surface area contributed by atoms with Crippen LogP contribution in [0.15, 0.2) is 40.9 Å². The van der Waals surface area contributed by atoms with Crippen molar-refractivity contribution < 1.29 is 18.7 Å². The summed E-state index contributed by atoms with van der Waals surface area (Å²) in [7, 11) is 0. The highest BCUT2D eigenvalue weighted by atomic mass is 32.1. The first-order valence-corrected chi connectivity index (χ1v) is 11.3. The third-order valence-electron chi connectivity index (χ3n) is 4.99. The molecule has 0 aliphatic carbocycles. The average Bonchev–Trinajstić information content (AvgIpc) is 3.45. The number of hydrogen-bond donors (Lipinski definition) is 2. The van der Waals surface area contributed by atoms with Gasteiger partial charge in [-0.1, -0.05) is 41.7 Å². The number of amides is 2. The largest absolute Gasteiger partial charge is 0.441 e. The highest BCUT2D eigenvalue weighted by molar-refractivity contribution is 7.17. The maximum atomic E-state index is 12.5. The van der Waals surface area contributed by atoms with Gasteiger partial charge in [0.25, 0.3) is 5.91 Å². The smallest absolute Gasteiger partial charge is 0.281 e. The van der Waals surface area contributed by atoms with Crippen molar-refractivity contribution in [3.63, 3.8) is 0 Å². The van der Waals surface area contributed by atoms with Gasteiger partial charge in [0, 0.05) is 31.5 Å². The number of rotatable bonds is 7. The van der Waals surface area contributed by atoms with Crippen LogP contribution in [0.25, 0.3) is 11.3 Å². The van der Waals surface area contributed by atoms with Crippen LogP contribution >= 0.6 is 11.3 Å². The normalized spacial score (nSPS) is 13.7. The van der Waals surface area contributed by atoms with Crippen LogP contribution in [0, 0.1) is 6.92 Å². The summed E-state index contributed by atoms with van der Waals surface area (Å²) in [5, 5.41) is 0.795. The molecule has 3 aromatic rings. The van der Waals surface area contributed by atoms with E-state index >= 15 is 0 Å². The number of nitrogens with one attached hydrogen (secondary N) is 2. The lowest BCUT2D eigenvalue weighted by atomic mass is 10.2. The van der Waals surface area contributed by atoms with Crippen LogP contribution in [-0.4, -0.2) is 48.1 Å². The third kappa shape index (κ3) is 5.51. The van der Waals surface area contributed by atoms with Crippen LogP contribution in [0.1, 0.15) is 34.1 Å². The Morgan fingerprint density at radius 1 is 1.16 bits per heavy atom. The van der Waals surface area contributed by atoms with Gasteiger partial charge in [-0.25, -0.2) is 9.97 Å². The van der Waals surface area contributed by atoms with Crippen molar-refractivity contribution in [2.75, 3.05) is 31.2 Å². The lowest BCUT2D eigenvalue weighted by Gasteiger charge is -2.25. The van der Waals surface area contributed by atoms with Gasteiger partial charge in [0.2, 0.25) is 5.91 Å². The lowest BCUT2D eigenvalue weighted by molar-refractivity contribution is -0.121. The highest BCUT2D eigenvalue weighted by Crippen LogP contribution is 2.26. The monoisotopic (exact) mass is 455 g/mol. The number of aromatic nitrogens is 2. The number of aryl methyl sites for hydroxylation is 2. The van der Waals surface area contributed by atoms with E-state index in [0.29, 0.717) is 48.3 Å². The summed E-state index contributed by atoms with van der Waals surface area (Å²) in [5.41, 5.74) is 6.55.